The number of rotatable bonds is 3. The molecule has 1 fully saturated rings. The standard InChI is InChI=1S/C7H9ClN2O2S2/c8-7-9-4-6(13-7)14(11,12)10-5-2-1-3-5/h4-5,10H,1-3H2. The Balaban J connectivity index is 2.15. The summed E-state index contributed by atoms with van der Waals surface area (Å²) < 4.78 is 26.3. The molecule has 0 aliphatic heterocycles. The highest BCUT2D eigenvalue weighted by molar-refractivity contribution is 7.91. The van der Waals surface area contributed by atoms with Gasteiger partial charge in [0.15, 0.2) is 8.68 Å². The summed E-state index contributed by atoms with van der Waals surface area (Å²) in [5, 5.41) is 0. The van der Waals surface area contributed by atoms with E-state index in [1.54, 1.807) is 0 Å². The van der Waals surface area contributed by atoms with Crippen molar-refractivity contribution in [2.45, 2.75) is 29.5 Å². The number of nitrogens with one attached hydrogen (secondary N) is 1. The molecule has 0 unspecified atom stereocenters. The van der Waals surface area contributed by atoms with E-state index in [1.807, 2.05) is 0 Å². The van der Waals surface area contributed by atoms with Gasteiger partial charge >= 0.3 is 0 Å². The third-order valence-corrected chi connectivity index (χ3v) is 5.24. The molecule has 78 valence electrons. The lowest BCUT2D eigenvalue weighted by atomic mass is 9.94. The second-order valence-electron chi connectivity index (χ2n) is 3.18. The minimum Gasteiger partial charge on any atom is -0.232 e. The molecule has 1 aromatic rings. The van der Waals surface area contributed by atoms with Gasteiger partial charge in [0.05, 0.1) is 6.20 Å². The number of aromatic nitrogens is 1. The van der Waals surface area contributed by atoms with E-state index < -0.39 is 10.0 Å². The average molecular weight is 253 g/mol. The number of halogens is 1. The first-order valence-corrected chi connectivity index (χ1v) is 6.89. The van der Waals surface area contributed by atoms with Crippen molar-refractivity contribution < 1.29 is 8.42 Å². The molecule has 0 saturated heterocycles. The molecule has 0 radical (unpaired) electrons. The van der Waals surface area contributed by atoms with Gasteiger partial charge in [0.2, 0.25) is 0 Å². The van der Waals surface area contributed by atoms with Crippen LogP contribution in [0.2, 0.25) is 4.47 Å². The van der Waals surface area contributed by atoms with E-state index in [4.69, 9.17) is 11.6 Å². The second kappa shape index (κ2) is 3.77. The van der Waals surface area contributed by atoms with Gasteiger partial charge in [0, 0.05) is 6.04 Å². The summed E-state index contributed by atoms with van der Waals surface area (Å²) in [6.45, 7) is 0. The van der Waals surface area contributed by atoms with Crippen LogP contribution in [0, 0.1) is 0 Å². The van der Waals surface area contributed by atoms with E-state index in [1.165, 1.54) is 6.20 Å². The summed E-state index contributed by atoms with van der Waals surface area (Å²) >= 11 is 6.54. The molecule has 0 atom stereocenters. The molecule has 0 aromatic carbocycles. The zero-order valence-electron chi connectivity index (χ0n) is 7.23. The maximum atomic E-state index is 11.6. The first-order valence-electron chi connectivity index (χ1n) is 4.21. The van der Waals surface area contributed by atoms with Crippen LogP contribution in [0.1, 0.15) is 19.3 Å². The van der Waals surface area contributed by atoms with Crippen LogP contribution < -0.4 is 4.72 Å². The van der Waals surface area contributed by atoms with Crippen LogP contribution in [0.15, 0.2) is 10.4 Å². The fourth-order valence-corrected chi connectivity index (χ4v) is 3.78. The Morgan fingerprint density at radius 2 is 2.29 bits per heavy atom. The van der Waals surface area contributed by atoms with E-state index in [-0.39, 0.29) is 14.7 Å². The van der Waals surface area contributed by atoms with E-state index >= 15 is 0 Å². The molecule has 7 heteroatoms. The van der Waals surface area contributed by atoms with Crippen molar-refractivity contribution in [3.05, 3.63) is 10.7 Å². The van der Waals surface area contributed by atoms with Crippen LogP contribution >= 0.6 is 22.9 Å². The van der Waals surface area contributed by atoms with Gasteiger partial charge in [0.25, 0.3) is 10.0 Å². The van der Waals surface area contributed by atoms with Gasteiger partial charge in [-0.15, -0.1) is 0 Å². The lowest BCUT2D eigenvalue weighted by molar-refractivity contribution is 0.384. The van der Waals surface area contributed by atoms with Crippen LogP contribution in [0.4, 0.5) is 0 Å². The van der Waals surface area contributed by atoms with E-state index in [0.29, 0.717) is 0 Å². The van der Waals surface area contributed by atoms with Crippen molar-refractivity contribution in [2.24, 2.45) is 0 Å². The predicted octanol–water partition coefficient (Wildman–Crippen LogP) is 1.63. The number of hydrogen-bond donors (Lipinski definition) is 1. The zero-order valence-corrected chi connectivity index (χ0v) is 9.62. The molecular weight excluding hydrogens is 244 g/mol. The minimum atomic E-state index is -3.38. The molecule has 0 spiro atoms. The van der Waals surface area contributed by atoms with Gasteiger partial charge in [-0.2, -0.15) is 0 Å². The quantitative estimate of drug-likeness (QED) is 0.890. The van der Waals surface area contributed by atoms with E-state index in [9.17, 15) is 8.42 Å². The van der Waals surface area contributed by atoms with Crippen LogP contribution in [0.25, 0.3) is 0 Å². The zero-order chi connectivity index (χ0) is 10.2. The first-order chi connectivity index (χ1) is 6.58. The molecule has 1 heterocycles. The van der Waals surface area contributed by atoms with Gasteiger partial charge in [0.1, 0.15) is 0 Å². The smallest absolute Gasteiger partial charge is 0.232 e. The monoisotopic (exact) mass is 252 g/mol. The van der Waals surface area contributed by atoms with Crippen LogP contribution in [0.3, 0.4) is 0 Å². The normalized spacial score (nSPS) is 18.1. The summed E-state index contributed by atoms with van der Waals surface area (Å²) in [5.41, 5.74) is 0. The minimum absolute atomic E-state index is 0.0980. The molecule has 1 saturated carbocycles. The fourth-order valence-electron chi connectivity index (χ4n) is 1.17. The molecule has 2 rings (SSSR count). The highest BCUT2D eigenvalue weighted by Gasteiger charge is 2.25. The molecule has 0 amide bonds. The van der Waals surface area contributed by atoms with Crippen LogP contribution in [-0.2, 0) is 10.0 Å². The lowest BCUT2D eigenvalue weighted by Crippen LogP contribution is -2.39. The number of sulfonamides is 1. The maximum absolute atomic E-state index is 11.6. The molecule has 14 heavy (non-hydrogen) atoms. The van der Waals surface area contributed by atoms with Crippen LogP contribution in [0.5, 0.6) is 0 Å². The fraction of sp³-hybridized carbons (Fsp3) is 0.571. The molecule has 1 aliphatic carbocycles. The van der Waals surface area contributed by atoms with Crippen molar-refractivity contribution in [1.29, 1.82) is 0 Å². The van der Waals surface area contributed by atoms with Crippen LogP contribution in [-0.4, -0.2) is 19.4 Å². The van der Waals surface area contributed by atoms with Crippen molar-refractivity contribution in [1.82, 2.24) is 9.71 Å². The molecule has 4 nitrogen and oxygen atoms in total. The third-order valence-electron chi connectivity index (χ3n) is 2.15. The SMILES string of the molecule is O=S(=O)(NC1CCC1)c1cnc(Cl)s1. The Morgan fingerprint density at radius 1 is 1.57 bits per heavy atom. The Labute approximate surface area is 91.4 Å². The van der Waals surface area contributed by atoms with Crippen molar-refractivity contribution >= 4 is 33.0 Å². The van der Waals surface area contributed by atoms with Gasteiger partial charge in [-0.3, -0.25) is 0 Å². The maximum Gasteiger partial charge on any atom is 0.251 e. The van der Waals surface area contributed by atoms with E-state index in [0.717, 1.165) is 30.6 Å². The summed E-state index contributed by atoms with van der Waals surface area (Å²) in [6.07, 6.45) is 4.22. The van der Waals surface area contributed by atoms with Gasteiger partial charge in [-0.05, 0) is 12.8 Å². The molecule has 1 N–H and O–H groups in total. The number of thiazole rings is 1. The largest absolute Gasteiger partial charge is 0.251 e. The van der Waals surface area contributed by atoms with Gasteiger partial charge < -0.3 is 0 Å². The summed E-state index contributed by atoms with van der Waals surface area (Å²) in [5.74, 6) is 0. The predicted molar refractivity (Wildman–Crippen MR) is 55.1 cm³/mol. The average Bonchev–Trinajstić information content (AvgIpc) is 2.45. The molecule has 1 aromatic heterocycles. The van der Waals surface area contributed by atoms with Crippen molar-refractivity contribution in [2.75, 3.05) is 0 Å². The summed E-state index contributed by atoms with van der Waals surface area (Å²) in [6, 6.07) is 0.0980. The first kappa shape index (κ1) is 10.4. The summed E-state index contributed by atoms with van der Waals surface area (Å²) in [7, 11) is -3.38. The molecule has 0 bridgehead atoms. The molecular formula is C7H9ClN2O2S2. The Kier molecular flexibility index (Phi) is 2.79. The number of nitrogens with zero attached hydrogens (tertiary/aromatic N) is 1. The Hall–Kier alpha value is -0.170. The Bertz CT molecular complexity index is 425. The Morgan fingerprint density at radius 3 is 2.71 bits per heavy atom. The third kappa shape index (κ3) is 2.08. The highest BCUT2D eigenvalue weighted by Crippen LogP contribution is 2.25. The van der Waals surface area contributed by atoms with Crippen molar-refractivity contribution in [3.8, 4) is 0 Å². The van der Waals surface area contributed by atoms with E-state index in [2.05, 4.69) is 9.71 Å². The van der Waals surface area contributed by atoms with Gasteiger partial charge in [-0.25, -0.2) is 18.1 Å². The van der Waals surface area contributed by atoms with Gasteiger partial charge in [-0.1, -0.05) is 29.4 Å². The summed E-state index contributed by atoms with van der Waals surface area (Å²) in [4.78, 5) is 3.70. The lowest BCUT2D eigenvalue weighted by Gasteiger charge is -2.25. The second-order valence-corrected chi connectivity index (χ2v) is 6.73. The topological polar surface area (TPSA) is 59.1 Å². The highest BCUT2D eigenvalue weighted by atomic mass is 35.5. The number of hydrogen-bond acceptors (Lipinski definition) is 4. The van der Waals surface area contributed by atoms with Crippen molar-refractivity contribution in [3.63, 3.8) is 0 Å². The molecule has 1 aliphatic rings.